The molecule has 2 rings (SSSR count). The number of aryl methyl sites for hydroxylation is 3. The fourth-order valence-electron chi connectivity index (χ4n) is 2.77. The van der Waals surface area contributed by atoms with Gasteiger partial charge in [0.25, 0.3) is 0 Å². The van der Waals surface area contributed by atoms with Gasteiger partial charge in [0.1, 0.15) is 0 Å². The van der Waals surface area contributed by atoms with E-state index in [1.54, 1.807) is 0 Å². The quantitative estimate of drug-likeness (QED) is 0.661. The standard InChI is InChI=1S/C17H27N/c1-3-14(2)8-4-6-10-16-13-12-15-9-5-7-11-17(15)18-16/h12-14H,3-11H2,1-2H3. The first-order valence-corrected chi connectivity index (χ1v) is 7.77. The average molecular weight is 245 g/mol. The Balaban J connectivity index is 1.79. The molecule has 1 aliphatic carbocycles. The highest BCUT2D eigenvalue weighted by atomic mass is 14.7. The first-order valence-electron chi connectivity index (χ1n) is 7.77. The van der Waals surface area contributed by atoms with Gasteiger partial charge in [-0.1, -0.05) is 39.2 Å². The highest BCUT2D eigenvalue weighted by Crippen LogP contribution is 2.20. The molecule has 0 saturated heterocycles. The van der Waals surface area contributed by atoms with Crippen LogP contribution in [0.4, 0.5) is 0 Å². The lowest BCUT2D eigenvalue weighted by atomic mass is 9.95. The Hall–Kier alpha value is -0.850. The van der Waals surface area contributed by atoms with Gasteiger partial charge < -0.3 is 0 Å². The molecule has 1 aliphatic rings. The van der Waals surface area contributed by atoms with Gasteiger partial charge in [-0.15, -0.1) is 0 Å². The van der Waals surface area contributed by atoms with Crippen molar-refractivity contribution in [1.82, 2.24) is 4.98 Å². The lowest BCUT2D eigenvalue weighted by Gasteiger charge is -2.15. The van der Waals surface area contributed by atoms with E-state index in [0.29, 0.717) is 0 Å². The van der Waals surface area contributed by atoms with Gasteiger partial charge in [-0.2, -0.15) is 0 Å². The summed E-state index contributed by atoms with van der Waals surface area (Å²) in [4.78, 5) is 4.85. The third-order valence-electron chi connectivity index (χ3n) is 4.31. The van der Waals surface area contributed by atoms with Crippen molar-refractivity contribution in [1.29, 1.82) is 0 Å². The number of fused-ring (bicyclic) bond motifs is 1. The van der Waals surface area contributed by atoms with Gasteiger partial charge in [-0.3, -0.25) is 4.98 Å². The van der Waals surface area contributed by atoms with Gasteiger partial charge in [0.15, 0.2) is 0 Å². The molecule has 1 heteroatoms. The zero-order chi connectivity index (χ0) is 12.8. The molecule has 1 aromatic heterocycles. The molecule has 0 spiro atoms. The Morgan fingerprint density at radius 2 is 2.00 bits per heavy atom. The van der Waals surface area contributed by atoms with Crippen molar-refractivity contribution in [3.8, 4) is 0 Å². The maximum Gasteiger partial charge on any atom is 0.0438 e. The van der Waals surface area contributed by atoms with Crippen LogP contribution in [0.15, 0.2) is 12.1 Å². The van der Waals surface area contributed by atoms with Crippen LogP contribution in [-0.2, 0) is 19.3 Å². The van der Waals surface area contributed by atoms with E-state index in [1.807, 2.05) is 0 Å². The van der Waals surface area contributed by atoms with Crippen LogP contribution in [0.2, 0.25) is 0 Å². The summed E-state index contributed by atoms with van der Waals surface area (Å²) in [5, 5.41) is 0. The summed E-state index contributed by atoms with van der Waals surface area (Å²) in [7, 11) is 0. The molecule has 0 aliphatic heterocycles. The summed E-state index contributed by atoms with van der Waals surface area (Å²) in [6.07, 6.45) is 11.7. The zero-order valence-electron chi connectivity index (χ0n) is 12.0. The van der Waals surface area contributed by atoms with Crippen molar-refractivity contribution in [3.63, 3.8) is 0 Å². The summed E-state index contributed by atoms with van der Waals surface area (Å²) >= 11 is 0. The van der Waals surface area contributed by atoms with E-state index in [4.69, 9.17) is 4.98 Å². The van der Waals surface area contributed by atoms with Crippen LogP contribution in [-0.4, -0.2) is 4.98 Å². The number of rotatable bonds is 6. The van der Waals surface area contributed by atoms with Gasteiger partial charge in [0, 0.05) is 11.4 Å². The monoisotopic (exact) mass is 245 g/mol. The van der Waals surface area contributed by atoms with Crippen molar-refractivity contribution in [2.75, 3.05) is 0 Å². The summed E-state index contributed by atoms with van der Waals surface area (Å²) in [5.74, 6) is 0.890. The second-order valence-electron chi connectivity index (χ2n) is 5.87. The zero-order valence-corrected chi connectivity index (χ0v) is 12.0. The van der Waals surface area contributed by atoms with Gasteiger partial charge in [0.05, 0.1) is 0 Å². The van der Waals surface area contributed by atoms with Crippen molar-refractivity contribution in [2.24, 2.45) is 5.92 Å². The van der Waals surface area contributed by atoms with Gasteiger partial charge in [0.2, 0.25) is 0 Å². The summed E-state index contributed by atoms with van der Waals surface area (Å²) < 4.78 is 0. The van der Waals surface area contributed by atoms with Crippen LogP contribution in [0, 0.1) is 5.92 Å². The van der Waals surface area contributed by atoms with Crippen LogP contribution < -0.4 is 0 Å². The molecule has 0 amide bonds. The molecular formula is C17H27N. The predicted octanol–water partition coefficient (Wildman–Crippen LogP) is 4.72. The first kappa shape index (κ1) is 13.6. The molecule has 1 nitrogen and oxygen atoms in total. The SMILES string of the molecule is CCC(C)CCCCc1ccc2c(n1)CCCC2. The maximum atomic E-state index is 4.85. The highest BCUT2D eigenvalue weighted by molar-refractivity contribution is 5.25. The van der Waals surface area contributed by atoms with Crippen LogP contribution >= 0.6 is 0 Å². The van der Waals surface area contributed by atoms with E-state index < -0.39 is 0 Å². The molecule has 0 saturated carbocycles. The van der Waals surface area contributed by atoms with E-state index in [2.05, 4.69) is 26.0 Å². The van der Waals surface area contributed by atoms with Crippen molar-refractivity contribution in [2.45, 2.75) is 71.6 Å². The molecule has 1 aromatic rings. The summed E-state index contributed by atoms with van der Waals surface area (Å²) in [6.45, 7) is 4.65. The molecule has 0 aromatic carbocycles. The minimum absolute atomic E-state index is 0.890. The van der Waals surface area contributed by atoms with Crippen LogP contribution in [0.1, 0.15) is 69.3 Å². The van der Waals surface area contributed by atoms with E-state index in [9.17, 15) is 0 Å². The molecule has 0 bridgehead atoms. The first-order chi connectivity index (χ1) is 8.79. The second-order valence-corrected chi connectivity index (χ2v) is 5.87. The molecule has 18 heavy (non-hydrogen) atoms. The lowest BCUT2D eigenvalue weighted by Crippen LogP contribution is -2.07. The number of unbranched alkanes of at least 4 members (excludes halogenated alkanes) is 1. The fraction of sp³-hybridized carbons (Fsp3) is 0.706. The van der Waals surface area contributed by atoms with Crippen molar-refractivity contribution < 1.29 is 0 Å². The highest BCUT2D eigenvalue weighted by Gasteiger charge is 2.10. The average Bonchev–Trinajstić information content (AvgIpc) is 2.43. The van der Waals surface area contributed by atoms with Crippen LogP contribution in [0.3, 0.4) is 0 Å². The molecule has 1 unspecified atom stereocenters. The third kappa shape index (κ3) is 3.83. The summed E-state index contributed by atoms with van der Waals surface area (Å²) in [6, 6.07) is 4.58. The topological polar surface area (TPSA) is 12.9 Å². The minimum Gasteiger partial charge on any atom is -0.258 e. The van der Waals surface area contributed by atoms with Crippen molar-refractivity contribution >= 4 is 0 Å². The van der Waals surface area contributed by atoms with Crippen molar-refractivity contribution in [3.05, 3.63) is 29.1 Å². The minimum atomic E-state index is 0.890. The number of nitrogens with zero attached hydrogens (tertiary/aromatic N) is 1. The molecule has 100 valence electrons. The Kier molecular flexibility index (Phi) is 5.22. The molecule has 0 radical (unpaired) electrons. The van der Waals surface area contributed by atoms with Crippen LogP contribution in [0.5, 0.6) is 0 Å². The molecule has 1 atom stereocenters. The van der Waals surface area contributed by atoms with E-state index in [0.717, 1.165) is 5.92 Å². The Morgan fingerprint density at radius 1 is 1.17 bits per heavy atom. The van der Waals surface area contributed by atoms with E-state index in [1.165, 1.54) is 74.7 Å². The lowest BCUT2D eigenvalue weighted by molar-refractivity contribution is 0.483. The Bertz CT molecular complexity index is 370. The smallest absolute Gasteiger partial charge is 0.0438 e. The number of hydrogen-bond acceptors (Lipinski definition) is 1. The third-order valence-corrected chi connectivity index (χ3v) is 4.31. The number of aromatic nitrogens is 1. The van der Waals surface area contributed by atoms with E-state index in [-0.39, 0.29) is 0 Å². The van der Waals surface area contributed by atoms with Gasteiger partial charge in [-0.05, 0) is 56.1 Å². The predicted molar refractivity (Wildman–Crippen MR) is 77.9 cm³/mol. The van der Waals surface area contributed by atoms with Crippen LogP contribution in [0.25, 0.3) is 0 Å². The maximum absolute atomic E-state index is 4.85. The Labute approximate surface area is 112 Å². The van der Waals surface area contributed by atoms with Gasteiger partial charge >= 0.3 is 0 Å². The molecule has 0 N–H and O–H groups in total. The number of pyridine rings is 1. The normalized spacial score (nSPS) is 16.3. The van der Waals surface area contributed by atoms with Gasteiger partial charge in [-0.25, -0.2) is 0 Å². The largest absolute Gasteiger partial charge is 0.258 e. The molecule has 1 heterocycles. The second kappa shape index (κ2) is 6.92. The van der Waals surface area contributed by atoms with E-state index >= 15 is 0 Å². The molecule has 0 fully saturated rings. The Morgan fingerprint density at radius 3 is 2.83 bits per heavy atom. The molecular weight excluding hydrogens is 218 g/mol. The fourth-order valence-corrected chi connectivity index (χ4v) is 2.77. The number of hydrogen-bond donors (Lipinski definition) is 0. The summed E-state index contributed by atoms with van der Waals surface area (Å²) in [5.41, 5.74) is 4.21.